The van der Waals surface area contributed by atoms with Crippen molar-refractivity contribution in [3.63, 3.8) is 0 Å². The summed E-state index contributed by atoms with van der Waals surface area (Å²) in [4.78, 5) is 8.47. The Morgan fingerprint density at radius 1 is 1.17 bits per heavy atom. The first-order valence-electron chi connectivity index (χ1n) is 8.35. The van der Waals surface area contributed by atoms with E-state index in [1.807, 2.05) is 0 Å². The van der Waals surface area contributed by atoms with Gasteiger partial charge < -0.3 is 10.2 Å². The van der Waals surface area contributed by atoms with Crippen LogP contribution in [0.15, 0.2) is 10.6 Å². The highest BCUT2D eigenvalue weighted by atomic mass is 19.3. The minimum atomic E-state index is -2.79. The van der Waals surface area contributed by atoms with E-state index in [1.54, 1.807) is 0 Å². The maximum Gasteiger partial charge on any atom is 0.314 e. The van der Waals surface area contributed by atoms with Crippen molar-refractivity contribution >= 4 is 5.95 Å². The van der Waals surface area contributed by atoms with E-state index in [0.717, 1.165) is 31.4 Å². The molecule has 2 saturated carbocycles. The third-order valence-corrected chi connectivity index (χ3v) is 5.31. The van der Waals surface area contributed by atoms with Crippen molar-refractivity contribution in [1.29, 1.82) is 0 Å². The lowest BCUT2D eigenvalue weighted by Crippen LogP contribution is -2.25. The molecule has 0 bridgehead atoms. The number of anilines is 1. The van der Waals surface area contributed by atoms with Crippen molar-refractivity contribution in [3.8, 4) is 11.5 Å². The van der Waals surface area contributed by atoms with Crippen LogP contribution < -0.4 is 5.73 Å². The minimum absolute atomic E-state index is 0.0439. The summed E-state index contributed by atoms with van der Waals surface area (Å²) in [6.07, 6.45) is 6.81. The van der Waals surface area contributed by atoms with Crippen LogP contribution in [-0.2, 0) is 5.41 Å². The van der Waals surface area contributed by atoms with Gasteiger partial charge in [-0.05, 0) is 31.6 Å². The van der Waals surface area contributed by atoms with Gasteiger partial charge in [-0.1, -0.05) is 19.3 Å². The van der Waals surface area contributed by atoms with E-state index in [-0.39, 0.29) is 17.3 Å². The number of nitrogens with zero attached hydrogens (tertiary/aromatic N) is 4. The standard InChI is InChI=1S/C16H19F2N5O/c17-12(18)14-23-22-13(24-14)10-8-20-15(19)21-11(10)16(6-7-16)9-4-2-1-3-5-9/h8-9,12H,1-7H2,(H2,19,20,21). The number of nitrogens with two attached hydrogens (primary N) is 1. The first-order chi connectivity index (χ1) is 11.6. The Kier molecular flexibility index (Phi) is 3.69. The van der Waals surface area contributed by atoms with Crippen molar-refractivity contribution in [1.82, 2.24) is 20.2 Å². The molecule has 0 atom stereocenters. The topological polar surface area (TPSA) is 90.7 Å². The van der Waals surface area contributed by atoms with Gasteiger partial charge in [-0.2, -0.15) is 8.78 Å². The largest absolute Gasteiger partial charge is 0.415 e. The van der Waals surface area contributed by atoms with Crippen molar-refractivity contribution < 1.29 is 13.2 Å². The highest BCUT2D eigenvalue weighted by Gasteiger charge is 2.53. The second kappa shape index (κ2) is 5.75. The Balaban J connectivity index is 1.76. The molecular weight excluding hydrogens is 316 g/mol. The van der Waals surface area contributed by atoms with Crippen molar-refractivity contribution in [2.24, 2.45) is 5.92 Å². The van der Waals surface area contributed by atoms with Crippen LogP contribution in [0.4, 0.5) is 14.7 Å². The monoisotopic (exact) mass is 335 g/mol. The van der Waals surface area contributed by atoms with Crippen LogP contribution in [0, 0.1) is 5.92 Å². The van der Waals surface area contributed by atoms with Gasteiger partial charge in [-0.3, -0.25) is 0 Å². The Hall–Kier alpha value is -2.12. The van der Waals surface area contributed by atoms with Gasteiger partial charge >= 0.3 is 6.43 Å². The molecule has 24 heavy (non-hydrogen) atoms. The molecule has 2 aliphatic rings. The molecule has 0 unspecified atom stereocenters. The lowest BCUT2D eigenvalue weighted by Gasteiger charge is -2.30. The van der Waals surface area contributed by atoms with E-state index in [0.29, 0.717) is 11.5 Å². The highest BCUT2D eigenvalue weighted by Crippen LogP contribution is 2.58. The Labute approximate surface area is 137 Å². The summed E-state index contributed by atoms with van der Waals surface area (Å²) in [5.74, 6) is 0.0823. The third-order valence-electron chi connectivity index (χ3n) is 5.31. The number of aromatic nitrogens is 4. The van der Waals surface area contributed by atoms with Crippen molar-refractivity contribution in [2.75, 3.05) is 5.73 Å². The van der Waals surface area contributed by atoms with Crippen LogP contribution in [0.1, 0.15) is 63.0 Å². The molecule has 0 aliphatic heterocycles. The number of hydrogen-bond donors (Lipinski definition) is 1. The molecule has 2 N–H and O–H groups in total. The van der Waals surface area contributed by atoms with Gasteiger partial charge in [0.2, 0.25) is 5.95 Å². The predicted molar refractivity (Wildman–Crippen MR) is 82.2 cm³/mol. The number of halogens is 2. The number of nitrogen functional groups attached to an aromatic ring is 1. The van der Waals surface area contributed by atoms with Crippen LogP contribution in [0.2, 0.25) is 0 Å². The molecular formula is C16H19F2N5O. The summed E-state index contributed by atoms with van der Waals surface area (Å²) in [6.45, 7) is 0. The van der Waals surface area contributed by atoms with Gasteiger partial charge in [0.05, 0.1) is 11.3 Å². The predicted octanol–water partition coefficient (Wildman–Crippen LogP) is 3.66. The van der Waals surface area contributed by atoms with Crippen LogP contribution in [0.25, 0.3) is 11.5 Å². The molecule has 8 heteroatoms. The zero-order valence-corrected chi connectivity index (χ0v) is 13.2. The van der Waals surface area contributed by atoms with Crippen LogP contribution in [0.5, 0.6) is 0 Å². The SMILES string of the molecule is Nc1ncc(-c2nnc(C(F)F)o2)c(C2(C3CCCCC3)CC2)n1. The van der Waals surface area contributed by atoms with Crippen molar-refractivity contribution in [2.45, 2.75) is 56.8 Å². The van der Waals surface area contributed by atoms with E-state index in [1.165, 1.54) is 25.5 Å². The average Bonchev–Trinajstić information content (AvgIpc) is 3.25. The molecule has 0 spiro atoms. The molecule has 4 rings (SSSR count). The molecule has 0 amide bonds. The average molecular weight is 335 g/mol. The van der Waals surface area contributed by atoms with Crippen LogP contribution >= 0.6 is 0 Å². The van der Waals surface area contributed by atoms with Gasteiger partial charge in [0, 0.05) is 11.6 Å². The Morgan fingerprint density at radius 2 is 1.92 bits per heavy atom. The number of rotatable bonds is 4. The van der Waals surface area contributed by atoms with E-state index in [4.69, 9.17) is 10.2 Å². The van der Waals surface area contributed by atoms with Gasteiger partial charge in [-0.15, -0.1) is 10.2 Å². The van der Waals surface area contributed by atoms with Crippen LogP contribution in [0.3, 0.4) is 0 Å². The van der Waals surface area contributed by atoms with Gasteiger partial charge in [0.25, 0.3) is 11.8 Å². The van der Waals surface area contributed by atoms with Gasteiger partial charge in [-0.25, -0.2) is 9.97 Å². The zero-order chi connectivity index (χ0) is 16.7. The molecule has 2 aromatic rings. The fraction of sp³-hybridized carbons (Fsp3) is 0.625. The third kappa shape index (κ3) is 2.53. The van der Waals surface area contributed by atoms with E-state index in [2.05, 4.69) is 20.2 Å². The first-order valence-corrected chi connectivity index (χ1v) is 8.35. The van der Waals surface area contributed by atoms with Crippen molar-refractivity contribution in [3.05, 3.63) is 17.8 Å². The van der Waals surface area contributed by atoms with Gasteiger partial charge in [0.1, 0.15) is 0 Å². The summed E-state index contributed by atoms with van der Waals surface area (Å²) in [5.41, 5.74) is 7.07. The quantitative estimate of drug-likeness (QED) is 0.917. The molecule has 0 radical (unpaired) electrons. The fourth-order valence-corrected chi connectivity index (χ4v) is 3.99. The highest BCUT2D eigenvalue weighted by molar-refractivity contribution is 5.59. The van der Waals surface area contributed by atoms with Gasteiger partial charge in [0.15, 0.2) is 0 Å². The molecule has 0 aromatic carbocycles. The molecule has 128 valence electrons. The van der Waals surface area contributed by atoms with Crippen LogP contribution in [-0.4, -0.2) is 20.2 Å². The molecule has 2 fully saturated rings. The van der Waals surface area contributed by atoms with E-state index < -0.39 is 12.3 Å². The summed E-state index contributed by atoms with van der Waals surface area (Å²) >= 11 is 0. The number of hydrogen-bond acceptors (Lipinski definition) is 6. The smallest absolute Gasteiger partial charge is 0.314 e. The summed E-state index contributed by atoms with van der Waals surface area (Å²) in [6, 6.07) is 0. The summed E-state index contributed by atoms with van der Waals surface area (Å²) < 4.78 is 30.6. The number of alkyl halides is 2. The maximum atomic E-state index is 12.8. The maximum absolute atomic E-state index is 12.8. The Bertz CT molecular complexity index is 738. The summed E-state index contributed by atoms with van der Waals surface area (Å²) in [7, 11) is 0. The van der Waals surface area contributed by atoms with E-state index in [9.17, 15) is 8.78 Å². The normalized spacial score (nSPS) is 20.5. The Morgan fingerprint density at radius 3 is 2.54 bits per heavy atom. The fourth-order valence-electron chi connectivity index (χ4n) is 3.99. The second-order valence-corrected chi connectivity index (χ2v) is 6.73. The molecule has 0 saturated heterocycles. The lowest BCUT2D eigenvalue weighted by molar-refractivity contribution is 0.116. The molecule has 6 nitrogen and oxygen atoms in total. The van der Waals surface area contributed by atoms with E-state index >= 15 is 0 Å². The summed E-state index contributed by atoms with van der Waals surface area (Å²) in [5, 5.41) is 7.18. The molecule has 2 aliphatic carbocycles. The first kappa shape index (κ1) is 15.4. The minimum Gasteiger partial charge on any atom is -0.415 e. The lowest BCUT2D eigenvalue weighted by atomic mass is 9.75. The zero-order valence-electron chi connectivity index (χ0n) is 13.2. The second-order valence-electron chi connectivity index (χ2n) is 6.73. The molecule has 2 heterocycles. The molecule has 2 aromatic heterocycles.